The Morgan fingerprint density at radius 3 is 2.59 bits per heavy atom. The first kappa shape index (κ1) is 21.7. The second kappa shape index (κ2) is 9.28. The third kappa shape index (κ3) is 4.53. The predicted octanol–water partition coefficient (Wildman–Crippen LogP) is 2.10. The van der Waals surface area contributed by atoms with Crippen LogP contribution in [-0.2, 0) is 9.47 Å². The highest BCUT2D eigenvalue weighted by molar-refractivity contribution is 5.97. The lowest BCUT2D eigenvalue weighted by molar-refractivity contribution is 0.0690. The van der Waals surface area contributed by atoms with Gasteiger partial charge in [-0.25, -0.2) is 24.1 Å². The second-order valence-corrected chi connectivity index (χ2v) is 7.02. The summed E-state index contributed by atoms with van der Waals surface area (Å²) in [5.41, 5.74) is 0.489. The Kier molecular flexibility index (Phi) is 6.28. The first-order chi connectivity index (χ1) is 15.5. The van der Waals surface area contributed by atoms with Crippen molar-refractivity contribution >= 4 is 23.0 Å². The predicted molar refractivity (Wildman–Crippen MR) is 112 cm³/mol. The average Bonchev–Trinajstić information content (AvgIpc) is 2.78. The molecule has 1 fully saturated rings. The molecule has 0 saturated carbocycles. The number of phenolic OH excluding ortho intramolecular Hbond substituents is 1. The standard InChI is InChI=1S/C21H21FN4O6/c1-30-6-7-32-16-11-15(20(28)29)23-19-17(12-8-13(22)10-14(27)9-12)24-21(25-18(16)19)26-2-4-31-5-3-26/h8-11,27H,2-7H2,1H3,(H,28,29). The number of aromatic carboxylic acids is 1. The van der Waals surface area contributed by atoms with Crippen LogP contribution < -0.4 is 9.64 Å². The van der Waals surface area contributed by atoms with Gasteiger partial charge in [-0.1, -0.05) is 0 Å². The number of ether oxygens (including phenoxy) is 3. The summed E-state index contributed by atoms with van der Waals surface area (Å²) in [5, 5.41) is 19.5. The molecule has 0 unspecified atom stereocenters. The van der Waals surface area contributed by atoms with Crippen molar-refractivity contribution < 1.29 is 33.6 Å². The van der Waals surface area contributed by atoms with Crippen LogP contribution in [-0.4, -0.2) is 77.8 Å². The van der Waals surface area contributed by atoms with Crippen molar-refractivity contribution in [3.05, 3.63) is 35.8 Å². The van der Waals surface area contributed by atoms with Crippen molar-refractivity contribution in [3.8, 4) is 22.8 Å². The minimum atomic E-state index is -1.27. The third-order valence-electron chi connectivity index (χ3n) is 4.82. The number of aromatic nitrogens is 3. The summed E-state index contributed by atoms with van der Waals surface area (Å²) in [4.78, 5) is 26.9. The number of fused-ring (bicyclic) bond motifs is 1. The van der Waals surface area contributed by atoms with E-state index in [9.17, 15) is 19.4 Å². The lowest BCUT2D eigenvalue weighted by atomic mass is 10.1. The van der Waals surface area contributed by atoms with Gasteiger partial charge >= 0.3 is 5.97 Å². The maximum absolute atomic E-state index is 14.1. The molecule has 10 nitrogen and oxygen atoms in total. The van der Waals surface area contributed by atoms with Crippen LogP contribution in [0.3, 0.4) is 0 Å². The lowest BCUT2D eigenvalue weighted by Crippen LogP contribution is -2.37. The van der Waals surface area contributed by atoms with Crippen LogP contribution in [0.4, 0.5) is 10.3 Å². The normalized spacial score (nSPS) is 14.0. The largest absolute Gasteiger partial charge is 0.508 e. The fourth-order valence-electron chi connectivity index (χ4n) is 3.34. The Balaban J connectivity index is 1.98. The van der Waals surface area contributed by atoms with Crippen LogP contribution in [0.2, 0.25) is 0 Å². The molecule has 2 aromatic heterocycles. The summed E-state index contributed by atoms with van der Waals surface area (Å²) in [6.45, 7) is 2.50. The molecule has 1 saturated heterocycles. The third-order valence-corrected chi connectivity index (χ3v) is 4.82. The van der Waals surface area contributed by atoms with E-state index in [0.717, 1.165) is 6.07 Å². The van der Waals surface area contributed by atoms with E-state index in [1.54, 1.807) is 0 Å². The number of halogens is 1. The van der Waals surface area contributed by atoms with Gasteiger partial charge in [-0.05, 0) is 12.1 Å². The molecule has 168 valence electrons. The molecule has 2 N–H and O–H groups in total. The molecule has 0 atom stereocenters. The van der Waals surface area contributed by atoms with Crippen molar-refractivity contribution in [2.75, 3.05) is 51.5 Å². The number of carbonyl (C=O) groups is 1. The number of nitrogens with zero attached hydrogens (tertiary/aromatic N) is 4. The van der Waals surface area contributed by atoms with Gasteiger partial charge in [-0.2, -0.15) is 0 Å². The number of carboxylic acids is 1. The van der Waals surface area contributed by atoms with E-state index in [2.05, 4.69) is 15.0 Å². The summed E-state index contributed by atoms with van der Waals surface area (Å²) in [6, 6.07) is 4.76. The molecule has 1 aromatic carbocycles. The number of hydrogen-bond acceptors (Lipinski definition) is 9. The molecule has 32 heavy (non-hydrogen) atoms. The molecule has 0 aliphatic carbocycles. The van der Waals surface area contributed by atoms with E-state index in [1.807, 2.05) is 4.90 Å². The fourth-order valence-corrected chi connectivity index (χ4v) is 3.34. The highest BCUT2D eigenvalue weighted by Crippen LogP contribution is 2.34. The van der Waals surface area contributed by atoms with Gasteiger partial charge in [0.15, 0.2) is 5.69 Å². The van der Waals surface area contributed by atoms with Crippen LogP contribution in [0.15, 0.2) is 24.3 Å². The minimum absolute atomic E-state index is 0.110. The van der Waals surface area contributed by atoms with Gasteiger partial charge in [0.2, 0.25) is 5.95 Å². The van der Waals surface area contributed by atoms with E-state index in [0.29, 0.717) is 32.3 Å². The minimum Gasteiger partial charge on any atom is -0.508 e. The van der Waals surface area contributed by atoms with Crippen LogP contribution >= 0.6 is 0 Å². The highest BCUT2D eigenvalue weighted by Gasteiger charge is 2.23. The Labute approximate surface area is 182 Å². The van der Waals surface area contributed by atoms with Crippen molar-refractivity contribution in [2.24, 2.45) is 0 Å². The number of hydrogen-bond donors (Lipinski definition) is 2. The van der Waals surface area contributed by atoms with E-state index >= 15 is 0 Å². The first-order valence-corrected chi connectivity index (χ1v) is 9.86. The van der Waals surface area contributed by atoms with Crippen molar-refractivity contribution in [3.63, 3.8) is 0 Å². The molecule has 0 radical (unpaired) electrons. The summed E-state index contributed by atoms with van der Waals surface area (Å²) in [7, 11) is 1.52. The van der Waals surface area contributed by atoms with Crippen LogP contribution in [0, 0.1) is 5.82 Å². The van der Waals surface area contributed by atoms with E-state index in [4.69, 9.17) is 14.2 Å². The molecular weight excluding hydrogens is 423 g/mol. The fraction of sp³-hybridized carbons (Fsp3) is 0.333. The summed E-state index contributed by atoms with van der Waals surface area (Å²) in [5.74, 6) is -1.73. The van der Waals surface area contributed by atoms with Crippen molar-refractivity contribution in [1.82, 2.24) is 15.0 Å². The number of benzene rings is 1. The van der Waals surface area contributed by atoms with Gasteiger partial charge in [-0.15, -0.1) is 0 Å². The first-order valence-electron chi connectivity index (χ1n) is 9.86. The van der Waals surface area contributed by atoms with Gasteiger partial charge in [0.25, 0.3) is 0 Å². The van der Waals surface area contributed by atoms with Crippen LogP contribution in [0.5, 0.6) is 11.5 Å². The number of anilines is 1. The number of methoxy groups -OCH3 is 1. The number of aromatic hydroxyl groups is 1. The van der Waals surface area contributed by atoms with Crippen molar-refractivity contribution in [2.45, 2.75) is 0 Å². The monoisotopic (exact) mass is 444 g/mol. The van der Waals surface area contributed by atoms with Gasteiger partial charge in [0, 0.05) is 37.9 Å². The van der Waals surface area contributed by atoms with Crippen LogP contribution in [0.25, 0.3) is 22.3 Å². The zero-order valence-electron chi connectivity index (χ0n) is 17.2. The average molecular weight is 444 g/mol. The molecule has 0 bridgehead atoms. The summed E-state index contributed by atoms with van der Waals surface area (Å²) in [6.07, 6.45) is 0. The second-order valence-electron chi connectivity index (χ2n) is 7.02. The number of phenols is 1. The van der Waals surface area contributed by atoms with Gasteiger partial charge in [-0.3, -0.25) is 0 Å². The Bertz CT molecular complexity index is 1130. The molecule has 11 heteroatoms. The topological polar surface area (TPSA) is 127 Å². The quantitative estimate of drug-likeness (QED) is 0.523. The van der Waals surface area contributed by atoms with Crippen LogP contribution in [0.1, 0.15) is 10.5 Å². The molecule has 3 aromatic rings. The van der Waals surface area contributed by atoms with E-state index in [1.165, 1.54) is 25.3 Å². The van der Waals surface area contributed by atoms with Gasteiger partial charge < -0.3 is 29.3 Å². The zero-order valence-corrected chi connectivity index (χ0v) is 17.2. The van der Waals surface area contributed by atoms with E-state index in [-0.39, 0.29) is 52.7 Å². The molecule has 1 aliphatic rings. The number of carboxylic acid groups (broad SMARTS) is 1. The molecular formula is C21H21FN4O6. The Morgan fingerprint density at radius 2 is 1.91 bits per heavy atom. The van der Waals surface area contributed by atoms with Crippen molar-refractivity contribution in [1.29, 1.82) is 0 Å². The number of rotatable bonds is 7. The maximum Gasteiger partial charge on any atom is 0.354 e. The molecule has 3 heterocycles. The summed E-state index contributed by atoms with van der Waals surface area (Å²) < 4.78 is 30.2. The number of morpholine rings is 1. The molecule has 0 spiro atoms. The maximum atomic E-state index is 14.1. The highest BCUT2D eigenvalue weighted by atomic mass is 19.1. The zero-order chi connectivity index (χ0) is 22.7. The Hall–Kier alpha value is -3.57. The smallest absolute Gasteiger partial charge is 0.354 e. The van der Waals surface area contributed by atoms with Gasteiger partial charge in [0.1, 0.15) is 40.7 Å². The SMILES string of the molecule is COCCOc1cc(C(=O)O)nc2c(-c3cc(O)cc(F)c3)nc(N3CCOCC3)nc12. The summed E-state index contributed by atoms with van der Waals surface area (Å²) >= 11 is 0. The van der Waals surface area contributed by atoms with E-state index < -0.39 is 11.8 Å². The molecule has 0 amide bonds. The molecule has 4 rings (SSSR count). The molecule has 1 aliphatic heterocycles. The lowest BCUT2D eigenvalue weighted by Gasteiger charge is -2.27. The number of pyridine rings is 1. The Morgan fingerprint density at radius 1 is 1.12 bits per heavy atom. The van der Waals surface area contributed by atoms with Gasteiger partial charge in [0.05, 0.1) is 19.8 Å².